The highest BCUT2D eigenvalue weighted by Crippen LogP contribution is 2.22. The molecule has 23 heavy (non-hydrogen) atoms. The summed E-state index contributed by atoms with van der Waals surface area (Å²) < 4.78 is 1.99. The van der Waals surface area contributed by atoms with Gasteiger partial charge in [0, 0.05) is 5.39 Å². The SMILES string of the molecule is Cc1ccc2[nH]c(=S)n(-c3cccc4ccccc34)c(=O)c2c1. The normalized spacial score (nSPS) is 11.2. The lowest BCUT2D eigenvalue weighted by molar-refractivity contribution is 0.947. The van der Waals surface area contributed by atoms with Gasteiger partial charge in [0.05, 0.1) is 16.6 Å². The predicted octanol–water partition coefficient (Wildman–Crippen LogP) is 4.51. The zero-order valence-electron chi connectivity index (χ0n) is 12.5. The summed E-state index contributed by atoms with van der Waals surface area (Å²) in [6, 6.07) is 19.6. The van der Waals surface area contributed by atoms with Crippen LogP contribution >= 0.6 is 12.2 Å². The second-order valence-electron chi connectivity index (χ2n) is 5.62. The maximum atomic E-state index is 13.0. The number of nitrogens with zero attached hydrogens (tertiary/aromatic N) is 1. The number of aromatic amines is 1. The van der Waals surface area contributed by atoms with Crippen LogP contribution in [0.25, 0.3) is 27.4 Å². The molecule has 0 fully saturated rings. The van der Waals surface area contributed by atoms with E-state index in [-0.39, 0.29) is 5.56 Å². The Balaban J connectivity index is 2.17. The highest BCUT2D eigenvalue weighted by atomic mass is 32.1. The van der Waals surface area contributed by atoms with Crippen LogP contribution in [0.4, 0.5) is 0 Å². The summed E-state index contributed by atoms with van der Waals surface area (Å²) in [5.41, 5.74) is 2.52. The number of aromatic nitrogens is 2. The summed E-state index contributed by atoms with van der Waals surface area (Å²) in [6.07, 6.45) is 0. The lowest BCUT2D eigenvalue weighted by Gasteiger charge is -2.11. The van der Waals surface area contributed by atoms with Gasteiger partial charge in [-0.1, -0.05) is 48.0 Å². The largest absolute Gasteiger partial charge is 0.331 e. The maximum absolute atomic E-state index is 13.0. The smallest absolute Gasteiger partial charge is 0.266 e. The quantitative estimate of drug-likeness (QED) is 0.524. The Labute approximate surface area is 137 Å². The molecule has 0 saturated heterocycles. The summed E-state index contributed by atoms with van der Waals surface area (Å²) in [4.78, 5) is 16.2. The van der Waals surface area contributed by atoms with Crippen molar-refractivity contribution in [2.45, 2.75) is 6.92 Å². The fraction of sp³-hybridized carbons (Fsp3) is 0.0526. The maximum Gasteiger partial charge on any atom is 0.266 e. The van der Waals surface area contributed by atoms with E-state index in [2.05, 4.69) is 4.98 Å². The van der Waals surface area contributed by atoms with Crippen LogP contribution < -0.4 is 5.56 Å². The van der Waals surface area contributed by atoms with Crippen molar-refractivity contribution < 1.29 is 0 Å². The zero-order valence-corrected chi connectivity index (χ0v) is 13.4. The van der Waals surface area contributed by atoms with E-state index in [1.54, 1.807) is 4.57 Å². The predicted molar refractivity (Wildman–Crippen MR) is 97.0 cm³/mol. The van der Waals surface area contributed by atoms with E-state index >= 15 is 0 Å². The van der Waals surface area contributed by atoms with Crippen molar-refractivity contribution in [3.8, 4) is 5.69 Å². The van der Waals surface area contributed by atoms with Gasteiger partial charge < -0.3 is 4.98 Å². The minimum absolute atomic E-state index is 0.0937. The molecular formula is C19H14N2OS. The lowest BCUT2D eigenvalue weighted by atomic mass is 10.1. The van der Waals surface area contributed by atoms with E-state index in [0.717, 1.165) is 27.5 Å². The molecule has 1 aromatic heterocycles. The standard InChI is InChI=1S/C19H14N2OS/c1-12-9-10-16-15(11-12)18(22)21(19(23)20-16)17-8-4-6-13-5-2-3-7-14(13)17/h2-11H,1H3,(H,20,23). The van der Waals surface area contributed by atoms with Gasteiger partial charge in [-0.15, -0.1) is 0 Å². The van der Waals surface area contributed by atoms with Crippen LogP contribution in [0.2, 0.25) is 0 Å². The number of fused-ring (bicyclic) bond motifs is 2. The Morgan fingerprint density at radius 3 is 2.61 bits per heavy atom. The van der Waals surface area contributed by atoms with Crippen LogP contribution in [0.1, 0.15) is 5.56 Å². The molecule has 0 bridgehead atoms. The topological polar surface area (TPSA) is 37.8 Å². The van der Waals surface area contributed by atoms with Crippen LogP contribution in [-0.4, -0.2) is 9.55 Å². The average Bonchev–Trinajstić information content (AvgIpc) is 2.56. The number of aryl methyl sites for hydroxylation is 1. The fourth-order valence-corrected chi connectivity index (χ4v) is 3.24. The summed E-state index contributed by atoms with van der Waals surface area (Å²) in [5.74, 6) is 0. The molecule has 4 heteroatoms. The molecule has 0 unspecified atom stereocenters. The second-order valence-corrected chi connectivity index (χ2v) is 6.00. The summed E-state index contributed by atoms with van der Waals surface area (Å²) >= 11 is 5.45. The average molecular weight is 318 g/mol. The van der Waals surface area contributed by atoms with E-state index in [9.17, 15) is 4.79 Å². The van der Waals surface area contributed by atoms with Gasteiger partial charge in [0.25, 0.3) is 5.56 Å². The number of rotatable bonds is 1. The van der Waals surface area contributed by atoms with Gasteiger partial charge in [-0.3, -0.25) is 9.36 Å². The Morgan fingerprint density at radius 2 is 1.74 bits per heavy atom. The molecule has 0 aliphatic rings. The molecular weight excluding hydrogens is 304 g/mol. The molecule has 112 valence electrons. The first kappa shape index (κ1) is 13.9. The fourth-order valence-electron chi connectivity index (χ4n) is 2.95. The van der Waals surface area contributed by atoms with Crippen molar-refractivity contribution >= 4 is 33.9 Å². The number of H-pyrrole nitrogens is 1. The van der Waals surface area contributed by atoms with E-state index in [4.69, 9.17) is 12.2 Å². The molecule has 0 saturated carbocycles. The molecule has 0 amide bonds. The number of hydrogen-bond donors (Lipinski definition) is 1. The van der Waals surface area contributed by atoms with Gasteiger partial charge in [-0.25, -0.2) is 0 Å². The van der Waals surface area contributed by atoms with Crippen molar-refractivity contribution in [1.29, 1.82) is 0 Å². The summed E-state index contributed by atoms with van der Waals surface area (Å²) in [5, 5.41) is 2.73. The molecule has 1 N–H and O–H groups in total. The van der Waals surface area contributed by atoms with Crippen molar-refractivity contribution in [2.75, 3.05) is 0 Å². The van der Waals surface area contributed by atoms with Crippen molar-refractivity contribution in [3.63, 3.8) is 0 Å². The van der Waals surface area contributed by atoms with Gasteiger partial charge in [-0.2, -0.15) is 0 Å². The Kier molecular flexibility index (Phi) is 3.13. The van der Waals surface area contributed by atoms with Crippen molar-refractivity contribution in [1.82, 2.24) is 9.55 Å². The third-order valence-electron chi connectivity index (χ3n) is 4.06. The molecule has 0 radical (unpaired) electrons. The highest BCUT2D eigenvalue weighted by molar-refractivity contribution is 7.71. The zero-order chi connectivity index (χ0) is 16.0. The Bertz CT molecular complexity index is 1170. The van der Waals surface area contributed by atoms with Gasteiger partial charge in [-0.05, 0) is 42.7 Å². The van der Waals surface area contributed by atoms with Gasteiger partial charge in [0.2, 0.25) is 0 Å². The van der Waals surface area contributed by atoms with Crippen molar-refractivity contribution in [2.24, 2.45) is 0 Å². The van der Waals surface area contributed by atoms with Crippen LogP contribution in [0.5, 0.6) is 0 Å². The lowest BCUT2D eigenvalue weighted by Crippen LogP contribution is -2.20. The highest BCUT2D eigenvalue weighted by Gasteiger charge is 2.10. The molecule has 4 aromatic rings. The van der Waals surface area contributed by atoms with Gasteiger partial charge in [0.1, 0.15) is 0 Å². The molecule has 0 spiro atoms. The first-order valence-electron chi connectivity index (χ1n) is 7.39. The van der Waals surface area contributed by atoms with E-state index in [1.165, 1.54) is 0 Å². The van der Waals surface area contributed by atoms with E-state index < -0.39 is 0 Å². The summed E-state index contributed by atoms with van der Waals surface area (Å²) in [6.45, 7) is 1.97. The number of nitrogens with one attached hydrogen (secondary N) is 1. The van der Waals surface area contributed by atoms with Crippen LogP contribution in [-0.2, 0) is 0 Å². The molecule has 3 aromatic carbocycles. The Hall–Kier alpha value is -2.72. The molecule has 0 aliphatic heterocycles. The van der Waals surface area contributed by atoms with Crippen LogP contribution in [0, 0.1) is 11.7 Å². The summed E-state index contributed by atoms with van der Waals surface area (Å²) in [7, 11) is 0. The number of benzene rings is 3. The van der Waals surface area contributed by atoms with Gasteiger partial charge in [0.15, 0.2) is 4.77 Å². The third kappa shape index (κ3) is 2.19. The third-order valence-corrected chi connectivity index (χ3v) is 4.35. The molecule has 1 heterocycles. The molecule has 0 atom stereocenters. The van der Waals surface area contributed by atoms with Gasteiger partial charge >= 0.3 is 0 Å². The first-order chi connectivity index (χ1) is 11.1. The monoisotopic (exact) mass is 318 g/mol. The molecule has 0 aliphatic carbocycles. The molecule has 4 rings (SSSR count). The number of hydrogen-bond acceptors (Lipinski definition) is 2. The van der Waals surface area contributed by atoms with E-state index in [1.807, 2.05) is 67.6 Å². The minimum Gasteiger partial charge on any atom is -0.331 e. The molecule has 3 nitrogen and oxygen atoms in total. The first-order valence-corrected chi connectivity index (χ1v) is 7.80. The minimum atomic E-state index is -0.0937. The van der Waals surface area contributed by atoms with Crippen LogP contribution in [0.3, 0.4) is 0 Å². The van der Waals surface area contributed by atoms with Crippen molar-refractivity contribution in [3.05, 3.63) is 81.4 Å². The second kappa shape index (κ2) is 5.18. The van der Waals surface area contributed by atoms with E-state index in [0.29, 0.717) is 10.2 Å². The van der Waals surface area contributed by atoms with Crippen LogP contribution in [0.15, 0.2) is 65.5 Å². The Morgan fingerprint density at radius 1 is 0.957 bits per heavy atom.